The number of rotatable bonds is 22. The van der Waals surface area contributed by atoms with Gasteiger partial charge < -0.3 is 0 Å². The van der Waals surface area contributed by atoms with Crippen LogP contribution in [-0.2, 0) is 0 Å². The molecule has 2 unspecified atom stereocenters. The van der Waals surface area contributed by atoms with Gasteiger partial charge in [-0.15, -0.1) is 0 Å². The van der Waals surface area contributed by atoms with Crippen LogP contribution in [0.1, 0.15) is 142 Å². The van der Waals surface area contributed by atoms with Crippen molar-refractivity contribution in [2.75, 3.05) is 0 Å². The summed E-state index contributed by atoms with van der Waals surface area (Å²) in [6.07, 6.45) is 25.8. The van der Waals surface area contributed by atoms with Gasteiger partial charge in [0, 0.05) is 0 Å². The molecule has 2 nitrogen and oxygen atoms in total. The Kier molecular flexibility index (Phi) is 23.6. The van der Waals surface area contributed by atoms with E-state index in [2.05, 4.69) is 13.8 Å². The van der Waals surface area contributed by atoms with Crippen LogP contribution in [0.5, 0.6) is 0 Å². The molecule has 0 rings (SSSR count). The van der Waals surface area contributed by atoms with Crippen LogP contribution in [0.15, 0.2) is 0 Å². The average Bonchev–Trinajstić information content (AvgIpc) is 2.65. The second-order valence-electron chi connectivity index (χ2n) is 8.28. The summed E-state index contributed by atoms with van der Waals surface area (Å²) < 4.78 is -0.345. The first-order valence-electron chi connectivity index (χ1n) is 12.2. The van der Waals surface area contributed by atoms with Gasteiger partial charge in [0.25, 0.3) is 0 Å². The molecule has 0 aromatic heterocycles. The summed E-state index contributed by atoms with van der Waals surface area (Å²) in [5.74, 6) is 0. The zero-order valence-corrected chi connectivity index (χ0v) is 20.9. The van der Waals surface area contributed by atoms with E-state index < -0.39 is 20.9 Å². The molecule has 0 aliphatic heterocycles. The van der Waals surface area contributed by atoms with Gasteiger partial charge in [-0.3, -0.25) is 0 Å². The molecule has 2 N–H and O–H groups in total. The molecule has 2 atom stereocenters. The fourth-order valence-corrected chi connectivity index (χ4v) is 6.34. The standard InChI is InChI=1S/C24H50O2Te/c1-3-5-7-9-11-13-15-17-19-21-23(25)27-24(26)22-20-18-16-14-12-10-8-6-4-2/h23-26H,3-22H2,1-2H3. The van der Waals surface area contributed by atoms with Gasteiger partial charge in [-0.05, 0) is 0 Å². The van der Waals surface area contributed by atoms with E-state index in [4.69, 9.17) is 0 Å². The van der Waals surface area contributed by atoms with Crippen LogP contribution in [0, 0.1) is 0 Å². The molecular weight excluding hydrogens is 448 g/mol. The van der Waals surface area contributed by atoms with E-state index in [1.165, 1.54) is 103 Å². The minimum absolute atomic E-state index is 0.173. The van der Waals surface area contributed by atoms with Crippen LogP contribution >= 0.6 is 0 Å². The van der Waals surface area contributed by atoms with Crippen molar-refractivity contribution in [3.8, 4) is 0 Å². The third-order valence-corrected chi connectivity index (χ3v) is 8.56. The summed E-state index contributed by atoms with van der Waals surface area (Å²) in [5.41, 5.74) is 0. The van der Waals surface area contributed by atoms with E-state index in [1.807, 2.05) is 0 Å². The summed E-state index contributed by atoms with van der Waals surface area (Å²) in [7, 11) is 0. The van der Waals surface area contributed by atoms with Gasteiger partial charge in [-0.1, -0.05) is 0 Å². The SMILES string of the molecule is CCCCCCCCCCCC(O)[Te]C(O)CCCCCCCCCCC. The Morgan fingerprint density at radius 3 is 1.00 bits per heavy atom. The van der Waals surface area contributed by atoms with Gasteiger partial charge in [0.2, 0.25) is 0 Å². The first-order chi connectivity index (χ1) is 13.2. The van der Waals surface area contributed by atoms with Crippen LogP contribution in [-0.4, -0.2) is 39.4 Å². The van der Waals surface area contributed by atoms with Gasteiger partial charge in [0.05, 0.1) is 0 Å². The van der Waals surface area contributed by atoms with Crippen molar-refractivity contribution in [3.05, 3.63) is 0 Å². The number of hydrogen-bond acceptors (Lipinski definition) is 2. The molecule has 0 bridgehead atoms. The Hall–Kier alpha value is 0.710. The van der Waals surface area contributed by atoms with Gasteiger partial charge in [-0.2, -0.15) is 0 Å². The molecule has 0 aromatic rings. The third-order valence-electron chi connectivity index (χ3n) is 5.42. The van der Waals surface area contributed by atoms with Crippen molar-refractivity contribution < 1.29 is 10.2 Å². The van der Waals surface area contributed by atoms with Crippen LogP contribution in [0.25, 0.3) is 0 Å². The second kappa shape index (κ2) is 23.0. The van der Waals surface area contributed by atoms with E-state index in [0.29, 0.717) is 0 Å². The van der Waals surface area contributed by atoms with Crippen molar-refractivity contribution in [2.24, 2.45) is 0 Å². The van der Waals surface area contributed by atoms with Gasteiger partial charge in [0.1, 0.15) is 0 Å². The van der Waals surface area contributed by atoms with E-state index in [-0.39, 0.29) is 8.30 Å². The molecule has 0 radical (unpaired) electrons. The van der Waals surface area contributed by atoms with Crippen molar-refractivity contribution in [1.82, 2.24) is 0 Å². The summed E-state index contributed by atoms with van der Waals surface area (Å²) in [4.78, 5) is 0. The number of unbranched alkanes of at least 4 members (excludes halogenated alkanes) is 16. The van der Waals surface area contributed by atoms with E-state index in [0.717, 1.165) is 25.7 Å². The molecular formula is C24H50O2Te. The van der Waals surface area contributed by atoms with Crippen molar-refractivity contribution in [3.63, 3.8) is 0 Å². The molecule has 164 valence electrons. The predicted molar refractivity (Wildman–Crippen MR) is 121 cm³/mol. The van der Waals surface area contributed by atoms with Crippen LogP contribution in [0.3, 0.4) is 0 Å². The summed E-state index contributed by atoms with van der Waals surface area (Å²) in [5, 5.41) is 20.3. The maximum absolute atomic E-state index is 10.2. The van der Waals surface area contributed by atoms with Crippen LogP contribution in [0.2, 0.25) is 0 Å². The molecule has 27 heavy (non-hydrogen) atoms. The zero-order valence-electron chi connectivity index (χ0n) is 18.6. The molecule has 0 aromatic carbocycles. The zero-order chi connectivity index (χ0) is 20.0. The van der Waals surface area contributed by atoms with Crippen molar-refractivity contribution in [1.29, 1.82) is 0 Å². The first-order valence-corrected chi connectivity index (χ1v) is 14.9. The fraction of sp³-hybridized carbons (Fsp3) is 1.00. The summed E-state index contributed by atoms with van der Waals surface area (Å²) in [6.45, 7) is 4.53. The Balaban J connectivity index is 3.30. The maximum atomic E-state index is 10.2. The van der Waals surface area contributed by atoms with Crippen molar-refractivity contribution in [2.45, 2.75) is 151 Å². The topological polar surface area (TPSA) is 40.5 Å². The number of aliphatic hydroxyl groups is 2. The molecule has 0 aliphatic carbocycles. The first kappa shape index (κ1) is 27.7. The fourth-order valence-electron chi connectivity index (χ4n) is 3.58. The Bertz CT molecular complexity index is 247. The molecule has 0 saturated carbocycles. The van der Waals surface area contributed by atoms with Crippen LogP contribution < -0.4 is 0 Å². The van der Waals surface area contributed by atoms with E-state index >= 15 is 0 Å². The Morgan fingerprint density at radius 1 is 0.444 bits per heavy atom. The van der Waals surface area contributed by atoms with E-state index in [1.54, 1.807) is 0 Å². The normalized spacial score (nSPS) is 13.8. The van der Waals surface area contributed by atoms with Gasteiger partial charge >= 0.3 is 182 Å². The Labute approximate surface area is 181 Å². The van der Waals surface area contributed by atoms with Crippen LogP contribution in [0.4, 0.5) is 0 Å². The third kappa shape index (κ3) is 22.9. The Morgan fingerprint density at radius 2 is 0.704 bits per heavy atom. The molecule has 3 heteroatoms. The summed E-state index contributed by atoms with van der Waals surface area (Å²) >= 11 is -0.652. The molecule has 0 heterocycles. The summed E-state index contributed by atoms with van der Waals surface area (Å²) in [6, 6.07) is 0. The minimum atomic E-state index is -0.652. The number of aliphatic hydroxyl groups excluding tert-OH is 2. The van der Waals surface area contributed by atoms with Gasteiger partial charge in [0.15, 0.2) is 0 Å². The molecule has 0 spiro atoms. The van der Waals surface area contributed by atoms with Crippen molar-refractivity contribution >= 4 is 20.9 Å². The molecule has 0 aliphatic rings. The monoisotopic (exact) mass is 500 g/mol. The average molecular weight is 498 g/mol. The quantitative estimate of drug-likeness (QED) is 0.123. The van der Waals surface area contributed by atoms with E-state index in [9.17, 15) is 10.2 Å². The molecule has 0 fully saturated rings. The predicted octanol–water partition coefficient (Wildman–Crippen LogP) is 7.17. The molecule has 0 amide bonds. The second-order valence-corrected chi connectivity index (χ2v) is 12.2. The van der Waals surface area contributed by atoms with Gasteiger partial charge in [-0.25, -0.2) is 0 Å². The molecule has 0 saturated heterocycles. The number of hydrogen-bond donors (Lipinski definition) is 2.